The van der Waals surface area contributed by atoms with E-state index in [-0.39, 0.29) is 4.90 Å². The van der Waals surface area contributed by atoms with Crippen molar-refractivity contribution >= 4 is 33.2 Å². The molecule has 0 aliphatic heterocycles. The van der Waals surface area contributed by atoms with E-state index in [2.05, 4.69) is 20.0 Å². The number of hydrogen-bond acceptors (Lipinski definition) is 7. The zero-order valence-corrected chi connectivity index (χ0v) is 18.2. The van der Waals surface area contributed by atoms with E-state index in [1.807, 2.05) is 38.9 Å². The van der Waals surface area contributed by atoms with Crippen LogP contribution in [0.4, 0.5) is 23.1 Å². The minimum Gasteiger partial charge on any atom is -0.494 e. The van der Waals surface area contributed by atoms with Crippen LogP contribution < -0.4 is 19.7 Å². The summed E-state index contributed by atoms with van der Waals surface area (Å²) in [6.45, 7) is 4.30. The molecule has 158 valence electrons. The quantitative estimate of drug-likeness (QED) is 0.564. The smallest absolute Gasteiger partial charge is 0.261 e. The molecule has 1 aromatic heterocycles. The molecule has 8 nitrogen and oxygen atoms in total. The predicted octanol–water partition coefficient (Wildman–Crippen LogP) is 3.79. The number of hydrogen-bond donors (Lipinski definition) is 2. The molecule has 30 heavy (non-hydrogen) atoms. The van der Waals surface area contributed by atoms with Crippen molar-refractivity contribution in [2.75, 3.05) is 35.6 Å². The minimum atomic E-state index is -3.69. The van der Waals surface area contributed by atoms with Crippen LogP contribution in [0.3, 0.4) is 0 Å². The van der Waals surface area contributed by atoms with Crippen molar-refractivity contribution in [1.82, 2.24) is 9.97 Å². The summed E-state index contributed by atoms with van der Waals surface area (Å²) in [5.41, 5.74) is 2.04. The number of anilines is 4. The predicted molar refractivity (Wildman–Crippen MR) is 119 cm³/mol. The van der Waals surface area contributed by atoms with Crippen molar-refractivity contribution in [1.29, 1.82) is 0 Å². The molecule has 0 radical (unpaired) electrons. The van der Waals surface area contributed by atoms with Crippen LogP contribution in [-0.2, 0) is 10.0 Å². The van der Waals surface area contributed by atoms with Crippen LogP contribution in [0.5, 0.6) is 5.75 Å². The standard InChI is InChI=1S/C21H25N5O3S/c1-5-29-18-10-12-19(13-11-18)30(27,28)25-17-8-6-16(7-9-17)23-21-22-15(2)14-20(24-21)26(3)4/h6-14,25H,5H2,1-4H3,(H,22,23,24). The molecule has 0 spiro atoms. The third kappa shape index (κ3) is 5.38. The Bertz CT molecular complexity index is 1100. The molecule has 0 saturated heterocycles. The number of nitrogens with zero attached hydrogens (tertiary/aromatic N) is 3. The first-order valence-electron chi connectivity index (χ1n) is 9.42. The number of aryl methyl sites for hydroxylation is 1. The molecule has 2 N–H and O–H groups in total. The Kier molecular flexibility index (Phi) is 6.41. The second kappa shape index (κ2) is 9.00. The van der Waals surface area contributed by atoms with Crippen LogP contribution in [-0.4, -0.2) is 39.1 Å². The van der Waals surface area contributed by atoms with Gasteiger partial charge in [0.2, 0.25) is 5.95 Å². The third-order valence-electron chi connectivity index (χ3n) is 4.14. The molecule has 1 heterocycles. The van der Waals surface area contributed by atoms with Gasteiger partial charge in [-0.2, -0.15) is 4.98 Å². The molecule has 3 rings (SSSR count). The Morgan fingerprint density at radius 3 is 2.20 bits per heavy atom. The first-order chi connectivity index (χ1) is 14.3. The highest BCUT2D eigenvalue weighted by molar-refractivity contribution is 7.92. The van der Waals surface area contributed by atoms with Gasteiger partial charge in [0.05, 0.1) is 11.5 Å². The van der Waals surface area contributed by atoms with Crippen LogP contribution in [0, 0.1) is 6.92 Å². The first kappa shape index (κ1) is 21.4. The lowest BCUT2D eigenvalue weighted by Crippen LogP contribution is -2.13. The number of ether oxygens (including phenoxy) is 1. The molecule has 0 saturated carbocycles. The van der Waals surface area contributed by atoms with Crippen LogP contribution in [0.1, 0.15) is 12.6 Å². The van der Waals surface area contributed by atoms with Gasteiger partial charge < -0.3 is 15.0 Å². The van der Waals surface area contributed by atoms with Gasteiger partial charge in [-0.3, -0.25) is 4.72 Å². The molecule has 3 aromatic rings. The lowest BCUT2D eigenvalue weighted by atomic mass is 10.3. The molecule has 0 amide bonds. The Morgan fingerprint density at radius 1 is 0.967 bits per heavy atom. The molecule has 0 aliphatic rings. The van der Waals surface area contributed by atoms with Crippen molar-refractivity contribution in [3.05, 3.63) is 60.3 Å². The Balaban J connectivity index is 1.71. The van der Waals surface area contributed by atoms with E-state index in [1.165, 1.54) is 12.1 Å². The van der Waals surface area contributed by atoms with Gasteiger partial charge in [-0.1, -0.05) is 0 Å². The maximum Gasteiger partial charge on any atom is 0.261 e. The maximum atomic E-state index is 12.6. The Morgan fingerprint density at radius 2 is 1.60 bits per heavy atom. The SMILES string of the molecule is CCOc1ccc(S(=O)(=O)Nc2ccc(Nc3nc(C)cc(N(C)C)n3)cc2)cc1. The average molecular weight is 428 g/mol. The van der Waals surface area contributed by atoms with Gasteiger partial charge in [0.15, 0.2) is 0 Å². The van der Waals surface area contributed by atoms with Crippen LogP contribution in [0.25, 0.3) is 0 Å². The Hall–Kier alpha value is -3.33. The molecule has 0 aliphatic carbocycles. The number of aromatic nitrogens is 2. The lowest BCUT2D eigenvalue weighted by Gasteiger charge is -2.14. The highest BCUT2D eigenvalue weighted by Crippen LogP contribution is 2.22. The summed E-state index contributed by atoms with van der Waals surface area (Å²) in [4.78, 5) is 10.9. The van der Waals surface area contributed by atoms with E-state index in [9.17, 15) is 8.42 Å². The Labute approximate surface area is 177 Å². The zero-order valence-electron chi connectivity index (χ0n) is 17.4. The fraction of sp³-hybridized carbons (Fsp3) is 0.238. The van der Waals surface area contributed by atoms with Crippen LogP contribution in [0.15, 0.2) is 59.5 Å². The largest absolute Gasteiger partial charge is 0.494 e. The molecule has 9 heteroatoms. The summed E-state index contributed by atoms with van der Waals surface area (Å²) in [5, 5.41) is 3.14. The van der Waals surface area contributed by atoms with Gasteiger partial charge in [-0.15, -0.1) is 0 Å². The van der Waals surface area contributed by atoms with Gasteiger partial charge in [0.1, 0.15) is 11.6 Å². The first-order valence-corrected chi connectivity index (χ1v) is 10.9. The monoisotopic (exact) mass is 427 g/mol. The second-order valence-corrected chi connectivity index (χ2v) is 8.48. The van der Waals surface area contributed by atoms with Crippen LogP contribution in [0.2, 0.25) is 0 Å². The van der Waals surface area contributed by atoms with E-state index >= 15 is 0 Å². The molecule has 0 unspecified atom stereocenters. The van der Waals surface area contributed by atoms with Crippen LogP contribution >= 0.6 is 0 Å². The highest BCUT2D eigenvalue weighted by atomic mass is 32.2. The summed E-state index contributed by atoms with van der Waals surface area (Å²) in [6.07, 6.45) is 0. The number of rotatable bonds is 8. The minimum absolute atomic E-state index is 0.164. The summed E-state index contributed by atoms with van der Waals surface area (Å²) < 4.78 is 33.1. The fourth-order valence-corrected chi connectivity index (χ4v) is 3.74. The summed E-state index contributed by atoms with van der Waals surface area (Å²) >= 11 is 0. The van der Waals surface area contributed by atoms with Crippen molar-refractivity contribution in [2.24, 2.45) is 0 Å². The van der Waals surface area contributed by atoms with E-state index in [4.69, 9.17) is 4.74 Å². The van der Waals surface area contributed by atoms with Crippen molar-refractivity contribution < 1.29 is 13.2 Å². The van der Waals surface area contributed by atoms with E-state index < -0.39 is 10.0 Å². The third-order valence-corrected chi connectivity index (χ3v) is 5.53. The van der Waals surface area contributed by atoms with E-state index in [0.29, 0.717) is 24.0 Å². The van der Waals surface area contributed by atoms with Gasteiger partial charge in [-0.05, 0) is 62.4 Å². The van der Waals surface area contributed by atoms with Crippen molar-refractivity contribution in [3.8, 4) is 5.75 Å². The highest BCUT2D eigenvalue weighted by Gasteiger charge is 2.14. The normalized spacial score (nSPS) is 11.1. The maximum absolute atomic E-state index is 12.6. The number of benzene rings is 2. The summed E-state index contributed by atoms with van der Waals surface area (Å²) in [7, 11) is 0.133. The molecule has 0 fully saturated rings. The van der Waals surface area contributed by atoms with Crippen molar-refractivity contribution in [2.45, 2.75) is 18.7 Å². The van der Waals surface area contributed by atoms with Gasteiger partial charge in [0, 0.05) is 37.2 Å². The number of sulfonamides is 1. The molecule has 0 atom stereocenters. The summed E-state index contributed by atoms with van der Waals surface area (Å²) in [5.74, 6) is 1.90. The molecular weight excluding hydrogens is 402 g/mol. The van der Waals surface area contributed by atoms with E-state index in [1.54, 1.807) is 36.4 Å². The topological polar surface area (TPSA) is 96.5 Å². The summed E-state index contributed by atoms with van der Waals surface area (Å²) in [6, 6.07) is 15.1. The number of nitrogens with one attached hydrogen (secondary N) is 2. The molecule has 2 aromatic carbocycles. The molecular formula is C21H25N5O3S. The van der Waals surface area contributed by atoms with Gasteiger partial charge in [0.25, 0.3) is 10.0 Å². The molecule has 0 bridgehead atoms. The van der Waals surface area contributed by atoms with E-state index in [0.717, 1.165) is 17.2 Å². The van der Waals surface area contributed by atoms with Gasteiger partial charge >= 0.3 is 0 Å². The zero-order chi connectivity index (χ0) is 21.7. The lowest BCUT2D eigenvalue weighted by molar-refractivity contribution is 0.340. The van der Waals surface area contributed by atoms with Gasteiger partial charge in [-0.25, -0.2) is 13.4 Å². The van der Waals surface area contributed by atoms with Crippen molar-refractivity contribution in [3.63, 3.8) is 0 Å². The fourth-order valence-electron chi connectivity index (χ4n) is 2.68. The second-order valence-electron chi connectivity index (χ2n) is 6.80. The average Bonchev–Trinajstić information content (AvgIpc) is 2.69.